The summed E-state index contributed by atoms with van der Waals surface area (Å²) in [5.74, 6) is -0.699. The standard InChI is InChI=1S/C45H84O4/c1-3-5-7-9-11-13-15-17-18-19-20-21-23-25-27-29-34-38-42-45(48)49-43(40-36-32-30-33-37-41-44(46)47)39-35-31-28-26-24-22-16-14-12-10-8-6-4-2/h13,15,18-19,43H,3-12,14,16-17,20-42H2,1-2H3,(H,46,47)/b15-13-,19-18-. The first-order chi connectivity index (χ1) is 24.1. The van der Waals surface area contributed by atoms with E-state index < -0.39 is 5.97 Å². The molecule has 0 rings (SSSR count). The molecule has 0 aliphatic carbocycles. The molecule has 0 aromatic heterocycles. The highest BCUT2D eigenvalue weighted by Crippen LogP contribution is 2.19. The Kier molecular flexibility index (Phi) is 39.5. The van der Waals surface area contributed by atoms with E-state index in [0.29, 0.717) is 6.42 Å². The van der Waals surface area contributed by atoms with Crippen molar-refractivity contribution in [1.29, 1.82) is 0 Å². The normalized spacial score (nSPS) is 12.4. The molecule has 0 heterocycles. The van der Waals surface area contributed by atoms with Gasteiger partial charge in [0.15, 0.2) is 0 Å². The predicted molar refractivity (Wildman–Crippen MR) is 213 cm³/mol. The van der Waals surface area contributed by atoms with Crippen molar-refractivity contribution in [3.63, 3.8) is 0 Å². The van der Waals surface area contributed by atoms with Gasteiger partial charge in [-0.1, -0.05) is 186 Å². The van der Waals surface area contributed by atoms with Gasteiger partial charge in [0.05, 0.1) is 0 Å². The van der Waals surface area contributed by atoms with Crippen LogP contribution in [0.1, 0.15) is 245 Å². The lowest BCUT2D eigenvalue weighted by Gasteiger charge is -2.18. The second kappa shape index (κ2) is 40.8. The van der Waals surface area contributed by atoms with Crippen molar-refractivity contribution in [2.45, 2.75) is 251 Å². The number of ether oxygens (including phenoxy) is 1. The molecule has 0 radical (unpaired) electrons. The summed E-state index contributed by atoms with van der Waals surface area (Å²) in [6.45, 7) is 4.55. The Hall–Kier alpha value is -1.58. The summed E-state index contributed by atoms with van der Waals surface area (Å²) in [4.78, 5) is 23.4. The molecule has 49 heavy (non-hydrogen) atoms. The minimum atomic E-state index is -0.699. The van der Waals surface area contributed by atoms with Gasteiger partial charge in [-0.3, -0.25) is 9.59 Å². The summed E-state index contributed by atoms with van der Waals surface area (Å²) in [6, 6.07) is 0. The minimum Gasteiger partial charge on any atom is -0.481 e. The molecular formula is C45H84O4. The van der Waals surface area contributed by atoms with E-state index in [1.807, 2.05) is 0 Å². The van der Waals surface area contributed by atoms with Crippen LogP contribution in [0, 0.1) is 0 Å². The average molecular weight is 689 g/mol. The molecule has 0 saturated carbocycles. The van der Waals surface area contributed by atoms with E-state index in [-0.39, 0.29) is 18.5 Å². The smallest absolute Gasteiger partial charge is 0.306 e. The summed E-state index contributed by atoms with van der Waals surface area (Å²) in [5, 5.41) is 8.84. The highest BCUT2D eigenvalue weighted by Gasteiger charge is 2.14. The highest BCUT2D eigenvalue weighted by atomic mass is 16.5. The number of carboxylic acids is 1. The number of hydrogen-bond donors (Lipinski definition) is 1. The molecular weight excluding hydrogens is 604 g/mol. The molecule has 0 spiro atoms. The van der Waals surface area contributed by atoms with Crippen molar-refractivity contribution in [2.24, 2.45) is 0 Å². The summed E-state index contributed by atoms with van der Waals surface area (Å²) in [5.41, 5.74) is 0. The van der Waals surface area contributed by atoms with Crippen LogP contribution < -0.4 is 0 Å². The zero-order chi connectivity index (χ0) is 35.7. The molecule has 4 heteroatoms. The molecule has 0 saturated heterocycles. The molecule has 0 bridgehead atoms. The lowest BCUT2D eigenvalue weighted by molar-refractivity contribution is -0.150. The molecule has 0 aliphatic rings. The van der Waals surface area contributed by atoms with Crippen LogP contribution >= 0.6 is 0 Å². The van der Waals surface area contributed by atoms with Crippen LogP contribution in [-0.2, 0) is 14.3 Å². The third-order valence-electron chi connectivity index (χ3n) is 9.93. The molecule has 288 valence electrons. The van der Waals surface area contributed by atoms with Crippen molar-refractivity contribution in [2.75, 3.05) is 0 Å². The van der Waals surface area contributed by atoms with Gasteiger partial charge in [0, 0.05) is 12.8 Å². The molecule has 0 aromatic carbocycles. The third-order valence-corrected chi connectivity index (χ3v) is 9.93. The van der Waals surface area contributed by atoms with Crippen molar-refractivity contribution >= 4 is 11.9 Å². The first-order valence-electron chi connectivity index (χ1n) is 21.8. The van der Waals surface area contributed by atoms with Gasteiger partial charge in [0.2, 0.25) is 0 Å². The second-order valence-corrected chi connectivity index (χ2v) is 14.9. The van der Waals surface area contributed by atoms with Gasteiger partial charge in [0.1, 0.15) is 6.10 Å². The summed E-state index contributed by atoms with van der Waals surface area (Å²) >= 11 is 0. The van der Waals surface area contributed by atoms with E-state index in [1.54, 1.807) is 0 Å². The molecule has 0 aromatic rings. The van der Waals surface area contributed by atoms with Gasteiger partial charge in [-0.05, 0) is 70.6 Å². The lowest BCUT2D eigenvalue weighted by atomic mass is 10.0. The van der Waals surface area contributed by atoms with Crippen molar-refractivity contribution in [3.8, 4) is 0 Å². The lowest BCUT2D eigenvalue weighted by Crippen LogP contribution is -2.18. The van der Waals surface area contributed by atoms with E-state index in [0.717, 1.165) is 70.6 Å². The predicted octanol–water partition coefficient (Wildman–Crippen LogP) is 15.2. The van der Waals surface area contributed by atoms with Crippen molar-refractivity contribution in [1.82, 2.24) is 0 Å². The van der Waals surface area contributed by atoms with Crippen molar-refractivity contribution < 1.29 is 19.4 Å². The Morgan fingerprint density at radius 1 is 0.449 bits per heavy atom. The van der Waals surface area contributed by atoms with Crippen LogP contribution in [0.5, 0.6) is 0 Å². The number of rotatable bonds is 40. The van der Waals surface area contributed by atoms with Crippen LogP contribution in [0.25, 0.3) is 0 Å². The zero-order valence-corrected chi connectivity index (χ0v) is 33.0. The number of esters is 1. The van der Waals surface area contributed by atoms with Gasteiger partial charge >= 0.3 is 11.9 Å². The van der Waals surface area contributed by atoms with E-state index in [9.17, 15) is 9.59 Å². The summed E-state index contributed by atoms with van der Waals surface area (Å²) in [7, 11) is 0. The van der Waals surface area contributed by atoms with Gasteiger partial charge < -0.3 is 9.84 Å². The molecule has 1 atom stereocenters. The summed E-state index contributed by atoms with van der Waals surface area (Å²) in [6.07, 6.45) is 52.0. The highest BCUT2D eigenvalue weighted by molar-refractivity contribution is 5.69. The number of allylic oxidation sites excluding steroid dienone is 4. The fourth-order valence-electron chi connectivity index (χ4n) is 6.69. The molecule has 0 fully saturated rings. The minimum absolute atomic E-state index is 0.000669. The summed E-state index contributed by atoms with van der Waals surface area (Å²) < 4.78 is 6.02. The SMILES string of the molecule is CCCCCC/C=C\C/C=C\CCCCCCCCCC(=O)OC(CCCCCCCCCCCCCCC)CCCCCCCC(=O)O. The number of carbonyl (C=O) groups excluding carboxylic acids is 1. The van der Waals surface area contributed by atoms with E-state index in [4.69, 9.17) is 9.84 Å². The van der Waals surface area contributed by atoms with Gasteiger partial charge in [0.25, 0.3) is 0 Å². The Balaban J connectivity index is 3.99. The van der Waals surface area contributed by atoms with E-state index >= 15 is 0 Å². The van der Waals surface area contributed by atoms with Crippen LogP contribution in [0.4, 0.5) is 0 Å². The Labute approximate surface area is 306 Å². The maximum Gasteiger partial charge on any atom is 0.306 e. The Bertz CT molecular complexity index is 742. The molecule has 1 unspecified atom stereocenters. The van der Waals surface area contributed by atoms with Crippen LogP contribution in [0.3, 0.4) is 0 Å². The largest absolute Gasteiger partial charge is 0.481 e. The fraction of sp³-hybridized carbons (Fsp3) is 0.867. The van der Waals surface area contributed by atoms with E-state index in [1.165, 1.54) is 148 Å². The molecule has 0 aliphatic heterocycles. The number of carboxylic acid groups (broad SMARTS) is 1. The first-order valence-corrected chi connectivity index (χ1v) is 21.8. The van der Waals surface area contributed by atoms with Crippen LogP contribution in [0.15, 0.2) is 24.3 Å². The monoisotopic (exact) mass is 689 g/mol. The number of aliphatic carboxylic acids is 1. The number of unbranched alkanes of at least 4 members (excludes halogenated alkanes) is 27. The number of carbonyl (C=O) groups is 2. The Morgan fingerprint density at radius 2 is 0.796 bits per heavy atom. The van der Waals surface area contributed by atoms with Crippen LogP contribution in [-0.4, -0.2) is 23.1 Å². The van der Waals surface area contributed by atoms with Gasteiger partial charge in [-0.15, -0.1) is 0 Å². The third kappa shape index (κ3) is 40.7. The Morgan fingerprint density at radius 3 is 1.22 bits per heavy atom. The second-order valence-electron chi connectivity index (χ2n) is 14.9. The number of hydrogen-bond acceptors (Lipinski definition) is 3. The van der Waals surface area contributed by atoms with Crippen LogP contribution in [0.2, 0.25) is 0 Å². The maximum atomic E-state index is 12.7. The molecule has 0 amide bonds. The molecule has 4 nitrogen and oxygen atoms in total. The van der Waals surface area contributed by atoms with E-state index in [2.05, 4.69) is 38.2 Å². The topological polar surface area (TPSA) is 63.6 Å². The van der Waals surface area contributed by atoms with Gasteiger partial charge in [-0.25, -0.2) is 0 Å². The van der Waals surface area contributed by atoms with Crippen molar-refractivity contribution in [3.05, 3.63) is 24.3 Å². The maximum absolute atomic E-state index is 12.7. The van der Waals surface area contributed by atoms with Gasteiger partial charge in [-0.2, -0.15) is 0 Å². The quantitative estimate of drug-likeness (QED) is 0.0395. The molecule has 1 N–H and O–H groups in total. The first kappa shape index (κ1) is 47.4. The fourth-order valence-corrected chi connectivity index (χ4v) is 6.69. The average Bonchev–Trinajstić information content (AvgIpc) is 3.09. The zero-order valence-electron chi connectivity index (χ0n) is 33.0.